The summed E-state index contributed by atoms with van der Waals surface area (Å²) in [5.41, 5.74) is 1.06. The zero-order valence-electron chi connectivity index (χ0n) is 17.7. The Bertz CT molecular complexity index is 820. The molecule has 2 atom stereocenters. The van der Waals surface area contributed by atoms with Crippen molar-refractivity contribution in [1.29, 1.82) is 0 Å². The first-order valence-electron chi connectivity index (χ1n) is 10.1. The fourth-order valence-corrected chi connectivity index (χ4v) is 3.14. The van der Waals surface area contributed by atoms with Gasteiger partial charge in [-0.2, -0.15) is 0 Å². The molecule has 0 unspecified atom stereocenters. The number of carbonyl (C=O) groups is 3. The number of para-hydroxylation sites is 1. The van der Waals surface area contributed by atoms with Gasteiger partial charge in [0, 0.05) is 6.42 Å². The fraction of sp³-hybridized carbons (Fsp3) is 0.375. The topological polar surface area (TPSA) is 81.7 Å². The molecular weight excluding hydrogens is 382 g/mol. The predicted molar refractivity (Wildman–Crippen MR) is 114 cm³/mol. The summed E-state index contributed by atoms with van der Waals surface area (Å²) in [6, 6.07) is 17.6. The van der Waals surface area contributed by atoms with Crippen molar-refractivity contribution in [3.8, 4) is 5.75 Å². The molecule has 0 fully saturated rings. The largest absolute Gasteiger partial charge is 0.469 e. The number of ether oxygens (including phenoxy) is 2. The van der Waals surface area contributed by atoms with Crippen LogP contribution in [-0.4, -0.2) is 31.0 Å². The number of methoxy groups -OCH3 is 1. The van der Waals surface area contributed by atoms with Crippen LogP contribution < -0.4 is 10.1 Å². The number of hydrogen-bond donors (Lipinski definition) is 1. The van der Waals surface area contributed by atoms with Crippen molar-refractivity contribution in [2.24, 2.45) is 11.8 Å². The number of aryl methyl sites for hydroxylation is 1. The summed E-state index contributed by atoms with van der Waals surface area (Å²) in [6.07, 6.45) is 0.299. The average Bonchev–Trinajstić information content (AvgIpc) is 2.75. The van der Waals surface area contributed by atoms with Crippen LogP contribution in [0.1, 0.15) is 32.3 Å². The van der Waals surface area contributed by atoms with Crippen LogP contribution in [0.4, 0.5) is 4.79 Å². The molecule has 6 nitrogen and oxygen atoms in total. The van der Waals surface area contributed by atoms with E-state index in [1.807, 2.05) is 50.2 Å². The Morgan fingerprint density at radius 1 is 0.933 bits per heavy atom. The van der Waals surface area contributed by atoms with E-state index in [9.17, 15) is 14.4 Å². The van der Waals surface area contributed by atoms with Crippen molar-refractivity contribution in [2.45, 2.75) is 39.2 Å². The minimum atomic E-state index is -0.771. The van der Waals surface area contributed by atoms with Crippen molar-refractivity contribution in [1.82, 2.24) is 5.32 Å². The van der Waals surface area contributed by atoms with Crippen molar-refractivity contribution >= 4 is 17.8 Å². The molecule has 0 radical (unpaired) electrons. The second-order valence-electron chi connectivity index (χ2n) is 7.47. The van der Waals surface area contributed by atoms with Gasteiger partial charge in [-0.1, -0.05) is 62.4 Å². The van der Waals surface area contributed by atoms with E-state index in [4.69, 9.17) is 9.47 Å². The first-order valence-corrected chi connectivity index (χ1v) is 10.1. The lowest BCUT2D eigenvalue weighted by Crippen LogP contribution is -2.44. The molecule has 0 aliphatic heterocycles. The molecule has 0 heterocycles. The minimum absolute atomic E-state index is 0.00455. The molecule has 2 rings (SSSR count). The van der Waals surface area contributed by atoms with Gasteiger partial charge >= 0.3 is 12.1 Å². The Balaban J connectivity index is 2.09. The molecule has 2 aromatic carbocycles. The van der Waals surface area contributed by atoms with Gasteiger partial charge in [0.2, 0.25) is 0 Å². The van der Waals surface area contributed by atoms with E-state index < -0.39 is 24.0 Å². The van der Waals surface area contributed by atoms with Crippen LogP contribution in [0.5, 0.6) is 5.75 Å². The molecule has 0 spiro atoms. The molecule has 6 heteroatoms. The lowest BCUT2D eigenvalue weighted by molar-refractivity contribution is -0.149. The van der Waals surface area contributed by atoms with Crippen molar-refractivity contribution < 1.29 is 23.9 Å². The Hall–Kier alpha value is -3.15. The SMILES string of the molecule is COC(=O)[C@H](CC(=O)[C@H](CCc1ccccc1)NC(=O)Oc1ccccc1)C(C)C. The summed E-state index contributed by atoms with van der Waals surface area (Å²) < 4.78 is 10.1. The highest BCUT2D eigenvalue weighted by molar-refractivity contribution is 5.90. The number of nitrogens with one attached hydrogen (secondary N) is 1. The number of benzene rings is 2. The monoisotopic (exact) mass is 411 g/mol. The lowest BCUT2D eigenvalue weighted by Gasteiger charge is -2.22. The maximum absolute atomic E-state index is 13.0. The first kappa shape index (κ1) is 23.1. The fourth-order valence-electron chi connectivity index (χ4n) is 3.14. The lowest BCUT2D eigenvalue weighted by atomic mass is 9.88. The first-order chi connectivity index (χ1) is 14.4. The molecule has 0 aliphatic carbocycles. The normalized spacial score (nSPS) is 12.7. The number of Topliss-reactive ketones (excluding diaryl/α,β-unsaturated/α-hetero) is 1. The average molecular weight is 411 g/mol. The standard InChI is InChI=1S/C24H29NO5/c1-17(2)20(23(27)29-3)16-22(26)21(15-14-18-10-6-4-7-11-18)25-24(28)30-19-12-8-5-9-13-19/h4-13,17,20-21H,14-16H2,1-3H3,(H,25,28)/t20-,21+/m1/s1. The minimum Gasteiger partial charge on any atom is -0.469 e. The maximum Gasteiger partial charge on any atom is 0.413 e. The van der Waals surface area contributed by atoms with Crippen molar-refractivity contribution in [3.05, 3.63) is 66.2 Å². The van der Waals surface area contributed by atoms with E-state index in [0.29, 0.717) is 18.6 Å². The van der Waals surface area contributed by atoms with E-state index in [1.165, 1.54) is 7.11 Å². The summed E-state index contributed by atoms with van der Waals surface area (Å²) in [4.78, 5) is 37.4. The quantitative estimate of drug-likeness (QED) is 0.593. The second kappa shape index (κ2) is 11.8. The molecule has 2 aromatic rings. The van der Waals surface area contributed by atoms with Gasteiger partial charge in [0.25, 0.3) is 0 Å². The smallest absolute Gasteiger partial charge is 0.413 e. The highest BCUT2D eigenvalue weighted by Gasteiger charge is 2.30. The highest BCUT2D eigenvalue weighted by Crippen LogP contribution is 2.20. The highest BCUT2D eigenvalue weighted by atomic mass is 16.6. The van der Waals surface area contributed by atoms with Crippen LogP contribution in [0.3, 0.4) is 0 Å². The number of rotatable bonds is 10. The van der Waals surface area contributed by atoms with Gasteiger partial charge in [-0.15, -0.1) is 0 Å². The van der Waals surface area contributed by atoms with E-state index in [2.05, 4.69) is 5.32 Å². The molecule has 0 saturated heterocycles. The van der Waals surface area contributed by atoms with E-state index in [-0.39, 0.29) is 18.1 Å². The molecular formula is C24H29NO5. The van der Waals surface area contributed by atoms with Gasteiger partial charge in [0.1, 0.15) is 5.75 Å². The van der Waals surface area contributed by atoms with Crippen LogP contribution >= 0.6 is 0 Å². The van der Waals surface area contributed by atoms with E-state index >= 15 is 0 Å². The maximum atomic E-state index is 13.0. The summed E-state index contributed by atoms with van der Waals surface area (Å²) in [6.45, 7) is 3.73. The zero-order chi connectivity index (χ0) is 21.9. The number of esters is 1. The van der Waals surface area contributed by atoms with E-state index in [1.54, 1.807) is 24.3 Å². The van der Waals surface area contributed by atoms with Gasteiger partial charge < -0.3 is 14.8 Å². The van der Waals surface area contributed by atoms with Gasteiger partial charge in [-0.25, -0.2) is 4.79 Å². The number of ketones is 1. The molecule has 1 N–H and O–H groups in total. The number of hydrogen-bond acceptors (Lipinski definition) is 5. The third-order valence-corrected chi connectivity index (χ3v) is 4.93. The van der Waals surface area contributed by atoms with Crippen molar-refractivity contribution in [3.63, 3.8) is 0 Å². The summed E-state index contributed by atoms with van der Waals surface area (Å²) >= 11 is 0. The van der Waals surface area contributed by atoms with Crippen molar-refractivity contribution in [2.75, 3.05) is 7.11 Å². The summed E-state index contributed by atoms with van der Waals surface area (Å²) in [5.74, 6) is -0.882. The predicted octanol–water partition coefficient (Wildman–Crippen LogP) is 4.18. The van der Waals surface area contributed by atoms with Crippen LogP contribution in [0.2, 0.25) is 0 Å². The van der Waals surface area contributed by atoms with Crippen LogP contribution in [0.25, 0.3) is 0 Å². The Morgan fingerprint density at radius 2 is 1.53 bits per heavy atom. The third kappa shape index (κ3) is 7.35. The van der Waals surface area contributed by atoms with Gasteiger partial charge in [-0.3, -0.25) is 9.59 Å². The van der Waals surface area contributed by atoms with Gasteiger partial charge in [-0.05, 0) is 36.5 Å². The van der Waals surface area contributed by atoms with Gasteiger partial charge in [0.15, 0.2) is 5.78 Å². The number of carbonyl (C=O) groups excluding carboxylic acids is 3. The molecule has 0 saturated carbocycles. The van der Waals surface area contributed by atoms with E-state index in [0.717, 1.165) is 5.56 Å². The molecule has 160 valence electrons. The van der Waals surface area contributed by atoms with Gasteiger partial charge in [0.05, 0.1) is 19.1 Å². The Kier molecular flexibility index (Phi) is 9.06. The summed E-state index contributed by atoms with van der Waals surface area (Å²) in [5, 5.41) is 2.67. The Labute approximate surface area is 177 Å². The summed E-state index contributed by atoms with van der Waals surface area (Å²) in [7, 11) is 1.31. The molecule has 1 amide bonds. The molecule has 30 heavy (non-hydrogen) atoms. The van der Waals surface area contributed by atoms with Crippen LogP contribution in [-0.2, 0) is 20.7 Å². The number of amides is 1. The Morgan fingerprint density at radius 3 is 2.10 bits per heavy atom. The third-order valence-electron chi connectivity index (χ3n) is 4.93. The van der Waals surface area contributed by atoms with Crippen LogP contribution in [0.15, 0.2) is 60.7 Å². The molecule has 0 bridgehead atoms. The second-order valence-corrected chi connectivity index (χ2v) is 7.47. The van der Waals surface area contributed by atoms with Crippen LogP contribution in [0, 0.1) is 11.8 Å². The zero-order valence-corrected chi connectivity index (χ0v) is 17.7. The molecule has 0 aromatic heterocycles. The molecule has 0 aliphatic rings.